The molecule has 1 radical (unpaired) electrons. The summed E-state index contributed by atoms with van der Waals surface area (Å²) >= 11 is 7.97. The molecular formula is C19H17ClNS. The minimum atomic E-state index is 0.0490. The normalized spacial score (nSPS) is 11.6. The molecule has 0 N–H and O–H groups in total. The highest BCUT2D eigenvalue weighted by Crippen LogP contribution is 2.36. The third kappa shape index (κ3) is 3.08. The van der Waals surface area contributed by atoms with Gasteiger partial charge in [0.25, 0.3) is 0 Å². The fourth-order valence-electron chi connectivity index (χ4n) is 2.26. The van der Waals surface area contributed by atoms with Gasteiger partial charge in [-0.1, -0.05) is 44.5 Å². The maximum Gasteiger partial charge on any atom is 0.0498 e. The van der Waals surface area contributed by atoms with Crippen LogP contribution in [0.5, 0.6) is 0 Å². The van der Waals surface area contributed by atoms with Crippen LogP contribution in [0.25, 0.3) is 21.6 Å². The molecule has 3 rings (SSSR count). The Labute approximate surface area is 140 Å². The van der Waals surface area contributed by atoms with Gasteiger partial charge in [0.2, 0.25) is 0 Å². The lowest BCUT2D eigenvalue weighted by molar-refractivity contribution is 0.569. The summed E-state index contributed by atoms with van der Waals surface area (Å²) in [5.74, 6) is 0. The zero-order valence-electron chi connectivity index (χ0n) is 12.9. The summed E-state index contributed by atoms with van der Waals surface area (Å²) in [6.45, 7) is 6.54. The minimum absolute atomic E-state index is 0.0490. The van der Waals surface area contributed by atoms with Crippen molar-refractivity contribution < 1.29 is 0 Å². The Kier molecular flexibility index (Phi) is 4.07. The van der Waals surface area contributed by atoms with Crippen LogP contribution in [0.3, 0.4) is 0 Å². The molecule has 0 aliphatic rings. The third-order valence-corrected chi connectivity index (χ3v) is 4.82. The molecule has 0 atom stereocenters. The van der Waals surface area contributed by atoms with E-state index in [4.69, 9.17) is 11.6 Å². The molecule has 22 heavy (non-hydrogen) atoms. The molecule has 2 heterocycles. The van der Waals surface area contributed by atoms with Gasteiger partial charge in [-0.25, -0.2) is 0 Å². The van der Waals surface area contributed by atoms with Crippen LogP contribution in [0.15, 0.2) is 48.0 Å². The molecule has 0 fully saturated rings. The van der Waals surface area contributed by atoms with Crippen molar-refractivity contribution in [2.24, 2.45) is 0 Å². The number of halogens is 1. The molecule has 0 saturated heterocycles. The smallest absolute Gasteiger partial charge is 0.0498 e. The quantitative estimate of drug-likeness (QED) is 0.544. The van der Waals surface area contributed by atoms with Crippen molar-refractivity contribution in [3.8, 4) is 21.6 Å². The first-order valence-electron chi connectivity index (χ1n) is 7.16. The van der Waals surface area contributed by atoms with Gasteiger partial charge in [0.1, 0.15) is 0 Å². The molecule has 1 nitrogen and oxygen atoms in total. The summed E-state index contributed by atoms with van der Waals surface area (Å²) < 4.78 is 0. The van der Waals surface area contributed by atoms with Crippen LogP contribution in [-0.4, -0.2) is 4.98 Å². The number of pyridine rings is 1. The van der Waals surface area contributed by atoms with Gasteiger partial charge < -0.3 is 0 Å². The molecular weight excluding hydrogens is 310 g/mol. The molecule has 0 amide bonds. The molecule has 3 aromatic rings. The summed E-state index contributed by atoms with van der Waals surface area (Å²) in [5, 5.41) is 2.91. The predicted molar refractivity (Wildman–Crippen MR) is 95.5 cm³/mol. The Morgan fingerprint density at radius 2 is 1.95 bits per heavy atom. The maximum atomic E-state index is 6.26. The first-order chi connectivity index (χ1) is 10.4. The SMILES string of the molecule is CC(C)(C)c1cc(-c2csc(-c3cc[c]cc3Cl)c2)ccn1. The van der Waals surface area contributed by atoms with Gasteiger partial charge in [-0.05, 0) is 46.8 Å². The number of hydrogen-bond donors (Lipinski definition) is 0. The van der Waals surface area contributed by atoms with Gasteiger partial charge in [-0.15, -0.1) is 11.3 Å². The van der Waals surface area contributed by atoms with Gasteiger partial charge in [0.15, 0.2) is 0 Å². The van der Waals surface area contributed by atoms with E-state index in [0.29, 0.717) is 0 Å². The molecule has 0 aliphatic heterocycles. The number of nitrogens with zero attached hydrogens (tertiary/aromatic N) is 1. The van der Waals surface area contributed by atoms with Crippen LogP contribution in [0, 0.1) is 6.07 Å². The second-order valence-corrected chi connectivity index (χ2v) is 7.60. The predicted octanol–water partition coefficient (Wildman–Crippen LogP) is 6.23. The molecule has 0 saturated carbocycles. The van der Waals surface area contributed by atoms with Crippen molar-refractivity contribution in [1.82, 2.24) is 4.98 Å². The third-order valence-electron chi connectivity index (χ3n) is 3.54. The molecule has 111 valence electrons. The van der Waals surface area contributed by atoms with E-state index in [1.165, 1.54) is 16.0 Å². The summed E-state index contributed by atoms with van der Waals surface area (Å²) in [6.07, 6.45) is 1.89. The maximum absolute atomic E-state index is 6.26. The van der Waals surface area contributed by atoms with Crippen molar-refractivity contribution >= 4 is 22.9 Å². The standard InChI is InChI=1S/C19H17ClNS/c1-19(2,3)18-11-13(8-9-21-18)14-10-17(22-12-14)15-6-4-5-7-16(15)20/h4,6-12H,1-3H3. The van der Waals surface area contributed by atoms with Gasteiger partial charge in [0, 0.05) is 32.8 Å². The molecule has 0 aliphatic carbocycles. The van der Waals surface area contributed by atoms with Crippen molar-refractivity contribution in [2.75, 3.05) is 0 Å². The van der Waals surface area contributed by atoms with Gasteiger partial charge in [-0.3, -0.25) is 4.98 Å². The highest BCUT2D eigenvalue weighted by Gasteiger charge is 2.16. The van der Waals surface area contributed by atoms with E-state index in [9.17, 15) is 0 Å². The zero-order valence-corrected chi connectivity index (χ0v) is 14.4. The monoisotopic (exact) mass is 326 g/mol. The van der Waals surface area contributed by atoms with E-state index in [1.807, 2.05) is 18.3 Å². The van der Waals surface area contributed by atoms with Crippen LogP contribution in [0.1, 0.15) is 26.5 Å². The second-order valence-electron chi connectivity index (χ2n) is 6.29. The lowest BCUT2D eigenvalue weighted by atomic mass is 9.90. The topological polar surface area (TPSA) is 12.9 Å². The van der Waals surface area contributed by atoms with Gasteiger partial charge in [0.05, 0.1) is 0 Å². The van der Waals surface area contributed by atoms with E-state index < -0.39 is 0 Å². The Bertz CT molecular complexity index is 799. The molecule has 0 spiro atoms. The first-order valence-corrected chi connectivity index (χ1v) is 8.42. The Morgan fingerprint density at radius 1 is 1.14 bits per heavy atom. The first kappa shape index (κ1) is 15.3. The highest BCUT2D eigenvalue weighted by molar-refractivity contribution is 7.14. The second kappa shape index (κ2) is 5.86. The fraction of sp³-hybridized carbons (Fsp3) is 0.211. The number of benzene rings is 1. The van der Waals surface area contributed by atoms with E-state index in [-0.39, 0.29) is 5.41 Å². The number of aromatic nitrogens is 1. The van der Waals surface area contributed by atoms with Gasteiger partial charge in [-0.2, -0.15) is 0 Å². The summed E-state index contributed by atoms with van der Waals surface area (Å²) in [7, 11) is 0. The van der Waals surface area contributed by atoms with E-state index in [1.54, 1.807) is 17.4 Å². The number of rotatable bonds is 2. The van der Waals surface area contributed by atoms with Crippen LogP contribution >= 0.6 is 22.9 Å². The summed E-state index contributed by atoms with van der Waals surface area (Å²) in [4.78, 5) is 5.66. The highest BCUT2D eigenvalue weighted by atomic mass is 35.5. The average molecular weight is 327 g/mol. The molecule has 0 bridgehead atoms. The lowest BCUT2D eigenvalue weighted by Gasteiger charge is -2.18. The van der Waals surface area contributed by atoms with Crippen LogP contribution in [0.2, 0.25) is 5.02 Å². The van der Waals surface area contributed by atoms with Crippen LogP contribution in [-0.2, 0) is 5.41 Å². The molecule has 3 heteroatoms. The van der Waals surface area contributed by atoms with E-state index >= 15 is 0 Å². The van der Waals surface area contributed by atoms with E-state index in [2.05, 4.69) is 55.4 Å². The Hall–Kier alpha value is -1.64. The molecule has 2 aromatic heterocycles. The summed E-state index contributed by atoms with van der Waals surface area (Å²) in [5.41, 5.74) is 4.61. The van der Waals surface area contributed by atoms with Crippen LogP contribution < -0.4 is 0 Å². The average Bonchev–Trinajstić information content (AvgIpc) is 2.97. The number of thiophene rings is 1. The van der Waals surface area contributed by atoms with E-state index in [0.717, 1.165) is 16.3 Å². The fourth-order valence-corrected chi connectivity index (χ4v) is 3.50. The molecule has 0 unspecified atom stereocenters. The zero-order chi connectivity index (χ0) is 15.7. The van der Waals surface area contributed by atoms with Crippen molar-refractivity contribution in [1.29, 1.82) is 0 Å². The number of hydrogen-bond acceptors (Lipinski definition) is 2. The summed E-state index contributed by atoms with van der Waals surface area (Å²) in [6, 6.07) is 15.1. The minimum Gasteiger partial charge on any atom is -0.261 e. The van der Waals surface area contributed by atoms with Crippen molar-refractivity contribution in [3.63, 3.8) is 0 Å². The Morgan fingerprint density at radius 3 is 2.68 bits per heavy atom. The van der Waals surface area contributed by atoms with Gasteiger partial charge >= 0.3 is 0 Å². The van der Waals surface area contributed by atoms with Crippen LogP contribution in [0.4, 0.5) is 0 Å². The van der Waals surface area contributed by atoms with Crippen molar-refractivity contribution in [2.45, 2.75) is 26.2 Å². The molecule has 1 aromatic carbocycles. The van der Waals surface area contributed by atoms with Crippen molar-refractivity contribution in [3.05, 3.63) is 64.8 Å². The largest absolute Gasteiger partial charge is 0.261 e. The Balaban J connectivity index is 2.00. The lowest BCUT2D eigenvalue weighted by Crippen LogP contribution is -2.13.